The largest absolute Gasteiger partial charge is 0.391 e. The Labute approximate surface area is 121 Å². The van der Waals surface area contributed by atoms with Crippen LogP contribution >= 0.6 is 0 Å². The van der Waals surface area contributed by atoms with Crippen LogP contribution in [0.1, 0.15) is 45.9 Å². The van der Waals surface area contributed by atoms with E-state index < -0.39 is 0 Å². The fraction of sp³-hybridized carbons (Fsp3) is 0.714. The summed E-state index contributed by atoms with van der Waals surface area (Å²) in [6, 6.07) is 1.75. The van der Waals surface area contributed by atoms with Crippen LogP contribution in [0, 0.1) is 5.92 Å². The van der Waals surface area contributed by atoms with E-state index >= 15 is 0 Å². The van der Waals surface area contributed by atoms with Crippen molar-refractivity contribution in [3.8, 4) is 0 Å². The van der Waals surface area contributed by atoms with Crippen molar-refractivity contribution in [2.45, 2.75) is 52.6 Å². The first-order chi connectivity index (χ1) is 9.64. The van der Waals surface area contributed by atoms with Crippen LogP contribution in [-0.2, 0) is 6.42 Å². The van der Waals surface area contributed by atoms with Gasteiger partial charge in [-0.2, -0.15) is 0 Å². The van der Waals surface area contributed by atoms with Gasteiger partial charge in [0.2, 0.25) is 0 Å². The topological polar surface area (TPSA) is 96.1 Å². The molecule has 20 heavy (non-hydrogen) atoms. The number of nitrogens with one attached hydrogen (secondary N) is 2. The number of nitrogens with zero attached hydrogens (tertiary/aromatic N) is 2. The summed E-state index contributed by atoms with van der Waals surface area (Å²) in [5.41, 5.74) is 2.55. The number of aromatic nitrogens is 2. The molecule has 5 N–H and O–H groups in total. The van der Waals surface area contributed by atoms with Crippen molar-refractivity contribution in [1.29, 1.82) is 0 Å². The van der Waals surface area contributed by atoms with Crippen molar-refractivity contribution in [1.82, 2.24) is 9.97 Å². The molecule has 1 unspecified atom stereocenters. The van der Waals surface area contributed by atoms with Gasteiger partial charge in [0, 0.05) is 19.0 Å². The molecule has 0 amide bonds. The van der Waals surface area contributed by atoms with Gasteiger partial charge in [-0.1, -0.05) is 33.6 Å². The van der Waals surface area contributed by atoms with Gasteiger partial charge in [-0.3, -0.25) is 0 Å². The number of nitrogen functional groups attached to an aromatic ring is 1. The van der Waals surface area contributed by atoms with Gasteiger partial charge in [0.25, 0.3) is 0 Å². The first-order valence-electron chi connectivity index (χ1n) is 7.41. The Hall–Kier alpha value is -1.40. The lowest BCUT2D eigenvalue weighted by Gasteiger charge is -2.20. The van der Waals surface area contributed by atoms with E-state index in [4.69, 9.17) is 5.84 Å². The van der Waals surface area contributed by atoms with Crippen LogP contribution < -0.4 is 16.6 Å². The third-order valence-corrected chi connectivity index (χ3v) is 3.48. The van der Waals surface area contributed by atoms with Gasteiger partial charge in [-0.05, 0) is 12.3 Å². The van der Waals surface area contributed by atoms with Gasteiger partial charge in [0.1, 0.15) is 17.5 Å². The zero-order chi connectivity index (χ0) is 15.0. The first-order valence-corrected chi connectivity index (χ1v) is 7.41. The molecule has 0 saturated carbocycles. The highest BCUT2D eigenvalue weighted by atomic mass is 16.3. The van der Waals surface area contributed by atoms with E-state index in [0.29, 0.717) is 24.1 Å². The second-order valence-electron chi connectivity index (χ2n) is 4.97. The number of rotatable bonds is 9. The number of hydrazine groups is 1. The molecule has 1 aromatic heterocycles. The summed E-state index contributed by atoms with van der Waals surface area (Å²) < 4.78 is 0. The molecule has 0 spiro atoms. The summed E-state index contributed by atoms with van der Waals surface area (Å²) in [5.74, 6) is 7.76. The summed E-state index contributed by atoms with van der Waals surface area (Å²) in [6.45, 7) is 6.75. The SMILES string of the molecule is CCCc1nc(NN)cc(NCC(O)C(CC)CC)n1. The van der Waals surface area contributed by atoms with Crippen molar-refractivity contribution in [2.75, 3.05) is 17.3 Å². The van der Waals surface area contributed by atoms with Crippen molar-refractivity contribution in [3.63, 3.8) is 0 Å². The molecule has 6 heteroatoms. The van der Waals surface area contributed by atoms with Crippen molar-refractivity contribution in [2.24, 2.45) is 11.8 Å². The van der Waals surface area contributed by atoms with Gasteiger partial charge in [-0.25, -0.2) is 15.8 Å². The predicted molar refractivity (Wildman–Crippen MR) is 82.4 cm³/mol. The molecule has 0 aliphatic heterocycles. The Morgan fingerprint density at radius 2 is 1.85 bits per heavy atom. The van der Waals surface area contributed by atoms with Crippen molar-refractivity contribution < 1.29 is 5.11 Å². The molecule has 0 aliphatic rings. The summed E-state index contributed by atoms with van der Waals surface area (Å²) in [5, 5.41) is 13.3. The predicted octanol–water partition coefficient (Wildman–Crippen LogP) is 1.92. The Bertz CT molecular complexity index is 395. The van der Waals surface area contributed by atoms with E-state index in [2.05, 4.69) is 41.5 Å². The van der Waals surface area contributed by atoms with E-state index in [1.165, 1.54) is 0 Å². The van der Waals surface area contributed by atoms with E-state index in [1.54, 1.807) is 6.07 Å². The van der Waals surface area contributed by atoms with Crippen LogP contribution in [0.3, 0.4) is 0 Å². The highest BCUT2D eigenvalue weighted by Gasteiger charge is 2.15. The molecular weight excluding hydrogens is 254 g/mol. The molecule has 0 aromatic carbocycles. The average Bonchev–Trinajstić information content (AvgIpc) is 2.46. The van der Waals surface area contributed by atoms with Crippen LogP contribution in [0.25, 0.3) is 0 Å². The molecule has 6 nitrogen and oxygen atoms in total. The zero-order valence-electron chi connectivity index (χ0n) is 12.7. The molecule has 114 valence electrons. The zero-order valence-corrected chi connectivity index (χ0v) is 12.7. The molecular formula is C14H27N5O. The van der Waals surface area contributed by atoms with Crippen molar-refractivity contribution in [3.05, 3.63) is 11.9 Å². The lowest BCUT2D eigenvalue weighted by molar-refractivity contribution is 0.114. The number of hydrogen-bond donors (Lipinski definition) is 4. The molecule has 0 radical (unpaired) electrons. The smallest absolute Gasteiger partial charge is 0.145 e. The van der Waals surface area contributed by atoms with Gasteiger partial charge in [-0.15, -0.1) is 0 Å². The maximum absolute atomic E-state index is 10.1. The maximum atomic E-state index is 10.1. The highest BCUT2D eigenvalue weighted by molar-refractivity contribution is 5.46. The minimum Gasteiger partial charge on any atom is -0.391 e. The first kappa shape index (κ1) is 16.7. The standard InChI is InChI=1S/C14H27N5O/c1-4-7-12-17-13(8-14(18-12)19-15)16-9-11(20)10(5-2)6-3/h8,10-11,20H,4-7,9,15H2,1-3H3,(H2,16,17,18,19). The molecule has 0 bridgehead atoms. The molecule has 1 aromatic rings. The molecule has 0 aliphatic carbocycles. The number of anilines is 2. The fourth-order valence-corrected chi connectivity index (χ4v) is 2.21. The van der Waals surface area contributed by atoms with Crippen molar-refractivity contribution >= 4 is 11.6 Å². The third kappa shape index (κ3) is 4.94. The Morgan fingerprint density at radius 3 is 2.40 bits per heavy atom. The van der Waals surface area contributed by atoms with Crippen LogP contribution in [0.4, 0.5) is 11.6 Å². The number of nitrogens with two attached hydrogens (primary N) is 1. The minimum absolute atomic E-state index is 0.312. The summed E-state index contributed by atoms with van der Waals surface area (Å²) in [4.78, 5) is 8.71. The molecule has 0 fully saturated rings. The summed E-state index contributed by atoms with van der Waals surface area (Å²) in [7, 11) is 0. The fourth-order valence-electron chi connectivity index (χ4n) is 2.21. The van der Waals surface area contributed by atoms with Gasteiger partial charge in [0.15, 0.2) is 0 Å². The van der Waals surface area contributed by atoms with Gasteiger partial charge >= 0.3 is 0 Å². The monoisotopic (exact) mass is 281 g/mol. The summed E-state index contributed by atoms with van der Waals surface area (Å²) >= 11 is 0. The molecule has 0 saturated heterocycles. The quantitative estimate of drug-likeness (QED) is 0.408. The third-order valence-electron chi connectivity index (χ3n) is 3.48. The van der Waals surface area contributed by atoms with Crippen LogP contribution in [0.2, 0.25) is 0 Å². The van der Waals surface area contributed by atoms with Gasteiger partial charge in [0.05, 0.1) is 6.10 Å². The van der Waals surface area contributed by atoms with E-state index in [0.717, 1.165) is 31.5 Å². The maximum Gasteiger partial charge on any atom is 0.145 e. The number of aryl methyl sites for hydroxylation is 1. The molecule has 1 rings (SSSR count). The second kappa shape index (κ2) is 8.71. The van der Waals surface area contributed by atoms with E-state index in [1.807, 2.05) is 0 Å². The number of hydrogen-bond acceptors (Lipinski definition) is 6. The minimum atomic E-state index is -0.371. The molecule has 1 atom stereocenters. The van der Waals surface area contributed by atoms with Crippen LogP contribution in [0.15, 0.2) is 6.07 Å². The highest BCUT2D eigenvalue weighted by Crippen LogP contribution is 2.15. The number of aliphatic hydroxyl groups excluding tert-OH is 1. The second-order valence-corrected chi connectivity index (χ2v) is 4.97. The Kier molecular flexibility index (Phi) is 7.25. The average molecular weight is 281 g/mol. The van der Waals surface area contributed by atoms with E-state index in [9.17, 15) is 5.11 Å². The summed E-state index contributed by atoms with van der Waals surface area (Å²) in [6.07, 6.45) is 3.35. The van der Waals surface area contributed by atoms with Crippen LogP contribution in [-0.4, -0.2) is 27.7 Å². The van der Waals surface area contributed by atoms with E-state index in [-0.39, 0.29) is 6.10 Å². The van der Waals surface area contributed by atoms with Gasteiger partial charge < -0.3 is 15.8 Å². The number of aliphatic hydroxyl groups is 1. The Morgan fingerprint density at radius 1 is 1.20 bits per heavy atom. The molecule has 1 heterocycles. The Balaban J connectivity index is 2.68. The lowest BCUT2D eigenvalue weighted by atomic mass is 9.97. The van der Waals surface area contributed by atoms with Crippen LogP contribution in [0.5, 0.6) is 0 Å². The normalized spacial score (nSPS) is 12.5. The lowest BCUT2D eigenvalue weighted by Crippen LogP contribution is -2.28.